The number of hydrogen-bond acceptors (Lipinski definition) is 4. The largest absolute Gasteiger partial charge is 0.481 e. The van der Waals surface area contributed by atoms with Gasteiger partial charge in [-0.2, -0.15) is 5.26 Å². The van der Waals surface area contributed by atoms with Crippen LogP contribution in [0.1, 0.15) is 23.8 Å². The molecule has 1 aromatic heterocycles. The van der Waals surface area contributed by atoms with Crippen LogP contribution >= 0.6 is 0 Å². The molecule has 0 bridgehead atoms. The Morgan fingerprint density at radius 3 is 3.00 bits per heavy atom. The number of rotatable bonds is 3. The predicted molar refractivity (Wildman–Crippen MR) is 42.6 cm³/mol. The zero-order valence-electron chi connectivity index (χ0n) is 6.73. The van der Waals surface area contributed by atoms with Crippen molar-refractivity contribution in [3.05, 3.63) is 23.7 Å². The van der Waals surface area contributed by atoms with E-state index >= 15 is 0 Å². The van der Waals surface area contributed by atoms with E-state index in [0.717, 1.165) is 0 Å². The van der Waals surface area contributed by atoms with E-state index in [9.17, 15) is 4.79 Å². The second-order valence-electron chi connectivity index (χ2n) is 2.56. The lowest BCUT2D eigenvalue weighted by Gasteiger charge is -2.03. The molecule has 5 heteroatoms. The Balaban J connectivity index is 2.72. The monoisotopic (exact) mass is 180 g/mol. The zero-order valence-corrected chi connectivity index (χ0v) is 6.73. The molecule has 0 aliphatic carbocycles. The minimum absolute atomic E-state index is 0.135. The first-order valence-electron chi connectivity index (χ1n) is 3.59. The number of nitrogens with zero attached hydrogens (tertiary/aromatic N) is 1. The van der Waals surface area contributed by atoms with E-state index in [1.807, 2.05) is 0 Å². The summed E-state index contributed by atoms with van der Waals surface area (Å²) >= 11 is 0. The maximum Gasteiger partial charge on any atom is 0.305 e. The van der Waals surface area contributed by atoms with Gasteiger partial charge >= 0.3 is 5.97 Å². The Morgan fingerprint density at radius 1 is 1.85 bits per heavy atom. The minimum atomic E-state index is -0.979. The van der Waals surface area contributed by atoms with Gasteiger partial charge in [0, 0.05) is 11.6 Å². The van der Waals surface area contributed by atoms with Crippen LogP contribution in [-0.4, -0.2) is 11.1 Å². The Kier molecular flexibility index (Phi) is 2.67. The first-order chi connectivity index (χ1) is 6.13. The van der Waals surface area contributed by atoms with E-state index in [0.29, 0.717) is 5.56 Å². The van der Waals surface area contributed by atoms with Crippen molar-refractivity contribution in [2.45, 2.75) is 12.5 Å². The molecule has 13 heavy (non-hydrogen) atoms. The summed E-state index contributed by atoms with van der Waals surface area (Å²) in [6, 6.07) is 2.60. The Bertz CT molecular complexity index is 351. The Labute approximate surface area is 74.4 Å². The molecule has 1 atom stereocenters. The summed E-state index contributed by atoms with van der Waals surface area (Å²) < 4.78 is 4.78. The number of carboxylic acids is 1. The number of aliphatic carboxylic acids is 1. The van der Waals surface area contributed by atoms with Gasteiger partial charge in [0.15, 0.2) is 0 Å². The second-order valence-corrected chi connectivity index (χ2v) is 2.56. The summed E-state index contributed by atoms with van der Waals surface area (Å²) in [4.78, 5) is 10.3. The van der Waals surface area contributed by atoms with Gasteiger partial charge in [0.2, 0.25) is 5.76 Å². The average Bonchev–Trinajstić information content (AvgIpc) is 2.50. The molecule has 0 unspecified atom stereocenters. The molecule has 0 saturated carbocycles. The number of carbonyl (C=O) groups is 1. The minimum Gasteiger partial charge on any atom is -0.481 e. The van der Waals surface area contributed by atoms with Gasteiger partial charge in [-0.05, 0) is 6.07 Å². The van der Waals surface area contributed by atoms with Crippen molar-refractivity contribution >= 4 is 5.97 Å². The van der Waals surface area contributed by atoms with Gasteiger partial charge < -0.3 is 15.3 Å². The van der Waals surface area contributed by atoms with Gasteiger partial charge in [0.05, 0.1) is 12.7 Å². The Hall–Kier alpha value is -1.80. The third-order valence-electron chi connectivity index (χ3n) is 1.55. The van der Waals surface area contributed by atoms with Crippen LogP contribution in [-0.2, 0) is 4.79 Å². The van der Waals surface area contributed by atoms with Crippen LogP contribution in [0.25, 0.3) is 0 Å². The fourth-order valence-electron chi connectivity index (χ4n) is 0.910. The van der Waals surface area contributed by atoms with Crippen LogP contribution in [0.4, 0.5) is 0 Å². The molecule has 1 rings (SSSR count). The maximum absolute atomic E-state index is 10.3. The van der Waals surface area contributed by atoms with Crippen molar-refractivity contribution in [3.8, 4) is 6.07 Å². The summed E-state index contributed by atoms with van der Waals surface area (Å²) in [5.74, 6) is -0.844. The van der Waals surface area contributed by atoms with Gasteiger partial charge in [-0.3, -0.25) is 4.79 Å². The number of nitriles is 1. The zero-order chi connectivity index (χ0) is 9.84. The van der Waals surface area contributed by atoms with Crippen LogP contribution in [0.5, 0.6) is 0 Å². The molecular formula is C8H8N2O3. The molecule has 1 heterocycles. The molecule has 3 N–H and O–H groups in total. The lowest BCUT2D eigenvalue weighted by Crippen LogP contribution is -2.14. The standard InChI is InChI=1S/C8H8N2O3/c9-3-6-1-5(4-13-6)7(10)2-8(11)12/h1,4,7H,2,10H2,(H,11,12)/t7-/m0/s1. The molecule has 5 nitrogen and oxygen atoms in total. The molecular weight excluding hydrogens is 172 g/mol. The topological polar surface area (TPSA) is 100 Å². The van der Waals surface area contributed by atoms with Crippen molar-refractivity contribution in [2.75, 3.05) is 0 Å². The highest BCUT2D eigenvalue weighted by Crippen LogP contribution is 2.16. The van der Waals surface area contributed by atoms with Crippen molar-refractivity contribution in [3.63, 3.8) is 0 Å². The van der Waals surface area contributed by atoms with E-state index in [2.05, 4.69) is 0 Å². The summed E-state index contributed by atoms with van der Waals surface area (Å²) in [6.45, 7) is 0. The van der Waals surface area contributed by atoms with Crippen LogP contribution in [0.15, 0.2) is 16.7 Å². The number of carboxylic acid groups (broad SMARTS) is 1. The average molecular weight is 180 g/mol. The highest BCUT2D eigenvalue weighted by atomic mass is 16.4. The van der Waals surface area contributed by atoms with Crippen LogP contribution < -0.4 is 5.73 Å². The van der Waals surface area contributed by atoms with Gasteiger partial charge in [-0.15, -0.1) is 0 Å². The summed E-state index contributed by atoms with van der Waals surface area (Å²) in [5.41, 5.74) is 6.04. The van der Waals surface area contributed by atoms with Crippen LogP contribution in [0.3, 0.4) is 0 Å². The smallest absolute Gasteiger partial charge is 0.305 e. The highest BCUT2D eigenvalue weighted by Gasteiger charge is 2.13. The Morgan fingerprint density at radius 2 is 2.54 bits per heavy atom. The molecule has 0 radical (unpaired) electrons. The predicted octanol–water partition coefficient (Wildman–Crippen LogP) is 0.626. The maximum atomic E-state index is 10.3. The fraction of sp³-hybridized carbons (Fsp3) is 0.250. The summed E-state index contributed by atoms with van der Waals surface area (Å²) in [7, 11) is 0. The molecule has 1 aromatic rings. The van der Waals surface area contributed by atoms with Crippen molar-refractivity contribution in [2.24, 2.45) is 5.73 Å². The fourth-order valence-corrected chi connectivity index (χ4v) is 0.910. The van der Waals surface area contributed by atoms with E-state index < -0.39 is 12.0 Å². The van der Waals surface area contributed by atoms with Gasteiger partial charge in [-0.25, -0.2) is 0 Å². The molecule has 0 saturated heterocycles. The molecule has 0 amide bonds. The molecule has 0 aliphatic rings. The van der Waals surface area contributed by atoms with E-state index in [1.165, 1.54) is 12.3 Å². The molecule has 68 valence electrons. The van der Waals surface area contributed by atoms with Crippen molar-refractivity contribution in [1.82, 2.24) is 0 Å². The lowest BCUT2D eigenvalue weighted by atomic mass is 10.1. The molecule has 0 aliphatic heterocycles. The van der Waals surface area contributed by atoms with E-state index in [-0.39, 0.29) is 12.2 Å². The highest BCUT2D eigenvalue weighted by molar-refractivity contribution is 5.67. The SMILES string of the molecule is N#Cc1cc([C@@H](N)CC(=O)O)co1. The number of nitrogens with two attached hydrogens (primary N) is 1. The lowest BCUT2D eigenvalue weighted by molar-refractivity contribution is -0.137. The van der Waals surface area contributed by atoms with Crippen molar-refractivity contribution in [1.29, 1.82) is 5.26 Å². The second kappa shape index (κ2) is 3.74. The van der Waals surface area contributed by atoms with Gasteiger partial charge in [0.25, 0.3) is 0 Å². The van der Waals surface area contributed by atoms with E-state index in [4.69, 9.17) is 20.5 Å². The number of hydrogen-bond donors (Lipinski definition) is 2. The third kappa shape index (κ3) is 2.32. The third-order valence-corrected chi connectivity index (χ3v) is 1.55. The van der Waals surface area contributed by atoms with Gasteiger partial charge in [-0.1, -0.05) is 0 Å². The number of furan rings is 1. The molecule has 0 aromatic carbocycles. The summed E-state index contributed by atoms with van der Waals surface area (Å²) in [5, 5.41) is 16.8. The molecule has 0 fully saturated rings. The van der Waals surface area contributed by atoms with Crippen LogP contribution in [0.2, 0.25) is 0 Å². The van der Waals surface area contributed by atoms with Crippen LogP contribution in [0, 0.1) is 11.3 Å². The first-order valence-corrected chi connectivity index (χ1v) is 3.59. The normalized spacial score (nSPS) is 12.0. The summed E-state index contributed by atoms with van der Waals surface area (Å²) in [6.07, 6.45) is 1.12. The quantitative estimate of drug-likeness (QED) is 0.710. The van der Waals surface area contributed by atoms with Crippen molar-refractivity contribution < 1.29 is 14.3 Å². The first kappa shape index (κ1) is 9.29. The molecule has 0 spiro atoms. The van der Waals surface area contributed by atoms with E-state index in [1.54, 1.807) is 6.07 Å². The van der Waals surface area contributed by atoms with Gasteiger partial charge in [0.1, 0.15) is 6.07 Å².